The van der Waals surface area contributed by atoms with E-state index in [4.69, 9.17) is 0 Å². The average Bonchev–Trinajstić information content (AvgIpc) is 2.65. The SMILES string of the molecule is CCCN1CCCN(c2ccc([N+](=O)[O-])cc2)CC1. The molecule has 1 aromatic rings. The summed E-state index contributed by atoms with van der Waals surface area (Å²) >= 11 is 0. The van der Waals surface area contributed by atoms with E-state index in [1.807, 2.05) is 12.1 Å². The van der Waals surface area contributed by atoms with Crippen LogP contribution in [-0.4, -0.2) is 42.5 Å². The van der Waals surface area contributed by atoms with Gasteiger partial charge in [-0.3, -0.25) is 10.1 Å². The van der Waals surface area contributed by atoms with Gasteiger partial charge in [0.15, 0.2) is 0 Å². The highest BCUT2D eigenvalue weighted by molar-refractivity contribution is 5.50. The van der Waals surface area contributed by atoms with Gasteiger partial charge in [0.1, 0.15) is 0 Å². The zero-order valence-electron chi connectivity index (χ0n) is 11.4. The molecule has 1 saturated heterocycles. The lowest BCUT2D eigenvalue weighted by Gasteiger charge is -2.23. The molecule has 2 rings (SSSR count). The Hall–Kier alpha value is -1.62. The van der Waals surface area contributed by atoms with Gasteiger partial charge in [-0.1, -0.05) is 6.92 Å². The summed E-state index contributed by atoms with van der Waals surface area (Å²) in [5, 5.41) is 10.6. The molecule has 0 radical (unpaired) electrons. The number of anilines is 1. The summed E-state index contributed by atoms with van der Waals surface area (Å²) in [5.41, 5.74) is 1.25. The maximum atomic E-state index is 10.6. The van der Waals surface area contributed by atoms with Crippen molar-refractivity contribution in [3.63, 3.8) is 0 Å². The van der Waals surface area contributed by atoms with Gasteiger partial charge in [-0.25, -0.2) is 0 Å². The number of nitro groups is 1. The van der Waals surface area contributed by atoms with Crippen LogP contribution in [0.25, 0.3) is 0 Å². The minimum absolute atomic E-state index is 0.159. The molecule has 0 bridgehead atoms. The molecule has 0 saturated carbocycles. The van der Waals surface area contributed by atoms with Crippen molar-refractivity contribution in [3.05, 3.63) is 34.4 Å². The zero-order chi connectivity index (χ0) is 13.7. The van der Waals surface area contributed by atoms with Gasteiger partial charge in [0.25, 0.3) is 5.69 Å². The topological polar surface area (TPSA) is 49.6 Å². The van der Waals surface area contributed by atoms with Crippen molar-refractivity contribution in [2.45, 2.75) is 19.8 Å². The van der Waals surface area contributed by atoms with Gasteiger partial charge < -0.3 is 9.80 Å². The number of hydrogen-bond donors (Lipinski definition) is 0. The van der Waals surface area contributed by atoms with Crippen molar-refractivity contribution in [1.82, 2.24) is 4.90 Å². The Kier molecular flexibility index (Phi) is 4.74. The van der Waals surface area contributed by atoms with Crippen LogP contribution in [0.5, 0.6) is 0 Å². The average molecular weight is 263 g/mol. The van der Waals surface area contributed by atoms with Crippen molar-refractivity contribution in [2.24, 2.45) is 0 Å². The largest absolute Gasteiger partial charge is 0.370 e. The number of nitrogens with zero attached hydrogens (tertiary/aromatic N) is 3. The smallest absolute Gasteiger partial charge is 0.269 e. The fourth-order valence-corrected chi connectivity index (χ4v) is 2.55. The second-order valence-electron chi connectivity index (χ2n) is 4.96. The van der Waals surface area contributed by atoms with Crippen LogP contribution in [0.1, 0.15) is 19.8 Å². The first-order valence-electron chi connectivity index (χ1n) is 6.92. The molecule has 1 heterocycles. The van der Waals surface area contributed by atoms with Crippen LogP contribution in [0, 0.1) is 10.1 Å². The molecule has 1 aliphatic heterocycles. The van der Waals surface area contributed by atoms with Crippen LogP contribution >= 0.6 is 0 Å². The van der Waals surface area contributed by atoms with Gasteiger partial charge in [0, 0.05) is 37.5 Å². The zero-order valence-corrected chi connectivity index (χ0v) is 11.4. The van der Waals surface area contributed by atoms with E-state index in [0.29, 0.717) is 0 Å². The number of nitro benzene ring substituents is 1. The summed E-state index contributed by atoms with van der Waals surface area (Å²) in [6.07, 6.45) is 2.34. The van der Waals surface area contributed by atoms with Crippen molar-refractivity contribution in [1.29, 1.82) is 0 Å². The quantitative estimate of drug-likeness (QED) is 0.618. The molecular formula is C14H21N3O2. The van der Waals surface area contributed by atoms with Gasteiger partial charge in [-0.15, -0.1) is 0 Å². The van der Waals surface area contributed by atoms with Gasteiger partial charge in [-0.05, 0) is 38.1 Å². The first-order valence-corrected chi connectivity index (χ1v) is 6.92. The van der Waals surface area contributed by atoms with Crippen molar-refractivity contribution in [2.75, 3.05) is 37.6 Å². The maximum Gasteiger partial charge on any atom is 0.269 e. The molecule has 104 valence electrons. The molecular weight excluding hydrogens is 242 g/mol. The summed E-state index contributed by atoms with van der Waals surface area (Å²) in [5.74, 6) is 0. The minimum Gasteiger partial charge on any atom is -0.370 e. The molecule has 0 atom stereocenters. The Morgan fingerprint density at radius 3 is 2.53 bits per heavy atom. The molecule has 1 aliphatic rings. The van der Waals surface area contributed by atoms with Gasteiger partial charge in [-0.2, -0.15) is 0 Å². The van der Waals surface area contributed by atoms with E-state index >= 15 is 0 Å². The predicted octanol–water partition coefficient (Wildman–Crippen LogP) is 2.52. The summed E-state index contributed by atoms with van der Waals surface area (Å²) in [6, 6.07) is 6.88. The molecule has 0 aliphatic carbocycles. The standard InChI is InChI=1S/C14H21N3O2/c1-2-8-15-9-3-10-16(12-11-15)13-4-6-14(7-5-13)17(18)19/h4-7H,2-3,8-12H2,1H3. The summed E-state index contributed by atoms with van der Waals surface area (Å²) in [7, 11) is 0. The fourth-order valence-electron chi connectivity index (χ4n) is 2.55. The Bertz CT molecular complexity index is 419. The fraction of sp³-hybridized carbons (Fsp3) is 0.571. The van der Waals surface area contributed by atoms with Crippen LogP contribution in [0.4, 0.5) is 11.4 Å². The van der Waals surface area contributed by atoms with Gasteiger partial charge in [0.05, 0.1) is 4.92 Å². The summed E-state index contributed by atoms with van der Waals surface area (Å²) < 4.78 is 0. The molecule has 5 nitrogen and oxygen atoms in total. The lowest BCUT2D eigenvalue weighted by molar-refractivity contribution is -0.384. The first-order chi connectivity index (χ1) is 9.20. The molecule has 0 unspecified atom stereocenters. The monoisotopic (exact) mass is 263 g/mol. The molecule has 0 amide bonds. The van der Waals surface area contributed by atoms with Crippen molar-refractivity contribution in [3.8, 4) is 0 Å². The molecule has 19 heavy (non-hydrogen) atoms. The van der Waals surface area contributed by atoms with Crippen LogP contribution in [-0.2, 0) is 0 Å². The van der Waals surface area contributed by atoms with E-state index in [9.17, 15) is 10.1 Å². The van der Waals surface area contributed by atoms with Gasteiger partial charge >= 0.3 is 0 Å². The third-order valence-electron chi connectivity index (χ3n) is 3.55. The molecule has 0 spiro atoms. The normalized spacial score (nSPS) is 17.2. The minimum atomic E-state index is -0.352. The Balaban J connectivity index is 1.99. The predicted molar refractivity (Wildman–Crippen MR) is 76.7 cm³/mol. The number of hydrogen-bond acceptors (Lipinski definition) is 4. The van der Waals surface area contributed by atoms with Crippen molar-refractivity contribution >= 4 is 11.4 Å². The first kappa shape index (κ1) is 13.8. The maximum absolute atomic E-state index is 10.6. The lowest BCUT2D eigenvalue weighted by Crippen LogP contribution is -2.31. The summed E-state index contributed by atoms with van der Waals surface area (Å²) in [6.45, 7) is 7.62. The third-order valence-corrected chi connectivity index (χ3v) is 3.55. The number of rotatable bonds is 4. The Labute approximate surface area is 114 Å². The highest BCUT2D eigenvalue weighted by atomic mass is 16.6. The van der Waals surface area contributed by atoms with E-state index in [1.54, 1.807) is 12.1 Å². The highest BCUT2D eigenvalue weighted by Crippen LogP contribution is 2.20. The van der Waals surface area contributed by atoms with Crippen LogP contribution in [0.3, 0.4) is 0 Å². The second kappa shape index (κ2) is 6.52. The summed E-state index contributed by atoms with van der Waals surface area (Å²) in [4.78, 5) is 15.1. The number of non-ortho nitro benzene ring substituents is 1. The highest BCUT2D eigenvalue weighted by Gasteiger charge is 2.15. The molecule has 5 heteroatoms. The molecule has 0 N–H and O–H groups in total. The van der Waals surface area contributed by atoms with E-state index in [1.165, 1.54) is 6.42 Å². The van der Waals surface area contributed by atoms with E-state index in [-0.39, 0.29) is 10.6 Å². The third kappa shape index (κ3) is 3.67. The van der Waals surface area contributed by atoms with Crippen LogP contribution in [0.15, 0.2) is 24.3 Å². The van der Waals surface area contributed by atoms with Gasteiger partial charge in [0.2, 0.25) is 0 Å². The number of benzene rings is 1. The Morgan fingerprint density at radius 2 is 1.89 bits per heavy atom. The van der Waals surface area contributed by atoms with E-state index < -0.39 is 0 Å². The molecule has 0 aromatic heterocycles. The lowest BCUT2D eigenvalue weighted by atomic mass is 10.2. The van der Waals surface area contributed by atoms with Crippen LogP contribution in [0.2, 0.25) is 0 Å². The molecule has 1 aromatic carbocycles. The Morgan fingerprint density at radius 1 is 1.16 bits per heavy atom. The second-order valence-corrected chi connectivity index (χ2v) is 4.96. The van der Waals surface area contributed by atoms with Crippen molar-refractivity contribution < 1.29 is 4.92 Å². The molecule has 1 fully saturated rings. The van der Waals surface area contributed by atoms with E-state index in [2.05, 4.69) is 16.7 Å². The van der Waals surface area contributed by atoms with E-state index in [0.717, 1.165) is 44.8 Å². The van der Waals surface area contributed by atoms with Crippen LogP contribution < -0.4 is 4.90 Å².